The van der Waals surface area contributed by atoms with Gasteiger partial charge in [-0.3, -0.25) is 4.79 Å². The second-order valence-corrected chi connectivity index (χ2v) is 5.40. The normalized spacial score (nSPS) is 20.5. The molecular weight excluding hydrogens is 264 g/mol. The number of hydrogen-bond donors (Lipinski definition) is 2. The zero-order valence-corrected chi connectivity index (χ0v) is 12.1. The summed E-state index contributed by atoms with van der Waals surface area (Å²) < 4.78 is 0. The molecule has 0 aromatic heterocycles. The second-order valence-electron chi connectivity index (χ2n) is 5.40. The van der Waals surface area contributed by atoms with E-state index in [9.17, 15) is 4.79 Å². The van der Waals surface area contributed by atoms with Gasteiger partial charge in [-0.1, -0.05) is 13.3 Å². The van der Waals surface area contributed by atoms with E-state index in [1.807, 2.05) is 12.1 Å². The fourth-order valence-corrected chi connectivity index (χ4v) is 2.82. The molecule has 108 valence electrons. The Morgan fingerprint density at radius 1 is 1.38 bits per heavy atom. The van der Waals surface area contributed by atoms with Crippen LogP contribution in [0.15, 0.2) is 18.2 Å². The number of amides is 1. The molecule has 1 aliphatic heterocycles. The first-order chi connectivity index (χ1) is 10.1. The van der Waals surface area contributed by atoms with E-state index >= 15 is 0 Å². The first kappa shape index (κ1) is 15.0. The molecule has 1 aromatic carbocycles. The molecule has 0 aliphatic carbocycles. The smallest absolute Gasteiger partial charge is 0.231 e. The summed E-state index contributed by atoms with van der Waals surface area (Å²) in [4.78, 5) is 12.6. The number of nitrogens with zero attached hydrogens (tertiary/aromatic N) is 2. The maximum Gasteiger partial charge on any atom is 0.231 e. The SMILES string of the molecule is CCCC1(C(=O)Nc2ccc(C#N)c(C#N)c2)CCNC1. The Hall–Kier alpha value is -2.37. The molecule has 1 fully saturated rings. The average Bonchev–Trinajstić information content (AvgIpc) is 2.97. The highest BCUT2D eigenvalue weighted by Crippen LogP contribution is 2.32. The van der Waals surface area contributed by atoms with Crippen molar-refractivity contribution in [2.24, 2.45) is 5.41 Å². The molecule has 2 rings (SSSR count). The molecule has 1 aromatic rings. The average molecular weight is 282 g/mol. The molecule has 0 spiro atoms. The van der Waals surface area contributed by atoms with E-state index in [4.69, 9.17) is 10.5 Å². The number of anilines is 1. The summed E-state index contributed by atoms with van der Waals surface area (Å²) in [6.07, 6.45) is 2.62. The number of rotatable bonds is 4. The number of benzene rings is 1. The molecule has 1 atom stereocenters. The second kappa shape index (κ2) is 6.39. The third kappa shape index (κ3) is 3.04. The maximum atomic E-state index is 12.6. The van der Waals surface area contributed by atoms with Crippen molar-refractivity contribution in [2.75, 3.05) is 18.4 Å². The van der Waals surface area contributed by atoms with E-state index in [2.05, 4.69) is 17.6 Å². The molecule has 0 radical (unpaired) electrons. The van der Waals surface area contributed by atoms with Crippen LogP contribution in [0.1, 0.15) is 37.3 Å². The molecule has 5 heteroatoms. The molecule has 1 saturated heterocycles. The van der Waals surface area contributed by atoms with Gasteiger partial charge in [0.2, 0.25) is 5.91 Å². The minimum absolute atomic E-state index is 0.0112. The van der Waals surface area contributed by atoms with Crippen LogP contribution in [-0.2, 0) is 4.79 Å². The quantitative estimate of drug-likeness (QED) is 0.885. The maximum absolute atomic E-state index is 12.6. The Labute approximate surface area is 124 Å². The van der Waals surface area contributed by atoms with Gasteiger partial charge in [0.1, 0.15) is 12.1 Å². The zero-order chi connectivity index (χ0) is 15.3. The van der Waals surface area contributed by atoms with Crippen LogP contribution in [0.3, 0.4) is 0 Å². The van der Waals surface area contributed by atoms with Gasteiger partial charge in [0.25, 0.3) is 0 Å². The van der Waals surface area contributed by atoms with Crippen LogP contribution >= 0.6 is 0 Å². The highest BCUT2D eigenvalue weighted by Gasteiger charge is 2.40. The molecule has 1 amide bonds. The summed E-state index contributed by atoms with van der Waals surface area (Å²) >= 11 is 0. The Balaban J connectivity index is 2.20. The van der Waals surface area contributed by atoms with Gasteiger partial charge in [-0.05, 0) is 37.6 Å². The molecule has 5 nitrogen and oxygen atoms in total. The van der Waals surface area contributed by atoms with E-state index in [0.717, 1.165) is 25.8 Å². The Morgan fingerprint density at radius 3 is 2.71 bits per heavy atom. The largest absolute Gasteiger partial charge is 0.326 e. The Bertz CT molecular complexity index is 618. The first-order valence-corrected chi connectivity index (χ1v) is 7.11. The van der Waals surface area contributed by atoms with Crippen LogP contribution in [0, 0.1) is 28.1 Å². The van der Waals surface area contributed by atoms with E-state index in [1.165, 1.54) is 0 Å². The third-order valence-corrected chi connectivity index (χ3v) is 3.97. The third-order valence-electron chi connectivity index (χ3n) is 3.97. The van der Waals surface area contributed by atoms with Crippen molar-refractivity contribution in [2.45, 2.75) is 26.2 Å². The summed E-state index contributed by atoms with van der Waals surface area (Å²) in [5, 5.41) is 24.1. The molecule has 21 heavy (non-hydrogen) atoms. The van der Waals surface area contributed by atoms with Crippen molar-refractivity contribution in [1.82, 2.24) is 5.32 Å². The van der Waals surface area contributed by atoms with Crippen molar-refractivity contribution in [3.05, 3.63) is 29.3 Å². The Morgan fingerprint density at radius 2 is 2.14 bits per heavy atom. The van der Waals surface area contributed by atoms with Crippen molar-refractivity contribution in [1.29, 1.82) is 10.5 Å². The van der Waals surface area contributed by atoms with Crippen molar-refractivity contribution < 1.29 is 4.79 Å². The summed E-state index contributed by atoms with van der Waals surface area (Å²) in [7, 11) is 0. The van der Waals surface area contributed by atoms with Gasteiger partial charge in [-0.15, -0.1) is 0 Å². The number of hydrogen-bond acceptors (Lipinski definition) is 4. The van der Waals surface area contributed by atoms with Crippen LogP contribution < -0.4 is 10.6 Å². The van der Waals surface area contributed by atoms with Crippen LogP contribution in [0.25, 0.3) is 0 Å². The van der Waals surface area contributed by atoms with Crippen molar-refractivity contribution in [3.8, 4) is 12.1 Å². The van der Waals surface area contributed by atoms with Crippen molar-refractivity contribution >= 4 is 11.6 Å². The topological polar surface area (TPSA) is 88.7 Å². The van der Waals surface area contributed by atoms with E-state index in [1.54, 1.807) is 18.2 Å². The fraction of sp³-hybridized carbons (Fsp3) is 0.438. The highest BCUT2D eigenvalue weighted by atomic mass is 16.2. The minimum atomic E-state index is -0.366. The lowest BCUT2D eigenvalue weighted by molar-refractivity contribution is -0.125. The summed E-state index contributed by atoms with van der Waals surface area (Å²) in [5.74, 6) is -0.0112. The first-order valence-electron chi connectivity index (χ1n) is 7.11. The van der Waals surface area contributed by atoms with Gasteiger partial charge in [0.05, 0.1) is 16.5 Å². The molecular formula is C16H18N4O. The lowest BCUT2D eigenvalue weighted by Crippen LogP contribution is -2.38. The van der Waals surface area contributed by atoms with Crippen LogP contribution in [-0.4, -0.2) is 19.0 Å². The van der Waals surface area contributed by atoms with Gasteiger partial charge < -0.3 is 10.6 Å². The predicted octanol–water partition coefficient (Wildman–Crippen LogP) is 2.15. The standard InChI is InChI=1S/C16H18N4O/c1-2-5-16(6-7-19-11-16)15(21)20-14-4-3-12(9-17)13(8-14)10-18/h3-4,8,19H,2,5-7,11H2,1H3,(H,20,21). The molecule has 0 saturated carbocycles. The number of carbonyl (C=O) groups is 1. The number of carbonyl (C=O) groups excluding carboxylic acids is 1. The van der Waals surface area contributed by atoms with Crippen LogP contribution in [0.2, 0.25) is 0 Å². The number of nitriles is 2. The number of nitrogens with one attached hydrogen (secondary N) is 2. The molecule has 1 aliphatic rings. The van der Waals surface area contributed by atoms with E-state index < -0.39 is 0 Å². The minimum Gasteiger partial charge on any atom is -0.326 e. The monoisotopic (exact) mass is 282 g/mol. The van der Waals surface area contributed by atoms with Crippen LogP contribution in [0.4, 0.5) is 5.69 Å². The molecule has 2 N–H and O–H groups in total. The molecule has 1 heterocycles. The lowest BCUT2D eigenvalue weighted by atomic mass is 9.81. The molecule has 0 bridgehead atoms. The van der Waals surface area contributed by atoms with Gasteiger partial charge in [-0.25, -0.2) is 0 Å². The Kier molecular flexibility index (Phi) is 4.57. The van der Waals surface area contributed by atoms with E-state index in [0.29, 0.717) is 17.8 Å². The van der Waals surface area contributed by atoms with Gasteiger partial charge in [0.15, 0.2) is 0 Å². The summed E-state index contributed by atoms with van der Waals surface area (Å²) in [6, 6.07) is 8.73. The van der Waals surface area contributed by atoms with Crippen LogP contribution in [0.5, 0.6) is 0 Å². The predicted molar refractivity (Wildman–Crippen MR) is 79.3 cm³/mol. The molecule has 1 unspecified atom stereocenters. The van der Waals surface area contributed by atoms with Gasteiger partial charge in [-0.2, -0.15) is 10.5 Å². The van der Waals surface area contributed by atoms with E-state index in [-0.39, 0.29) is 16.9 Å². The van der Waals surface area contributed by atoms with Gasteiger partial charge in [0, 0.05) is 12.2 Å². The summed E-state index contributed by atoms with van der Waals surface area (Å²) in [5.41, 5.74) is 0.804. The fourth-order valence-electron chi connectivity index (χ4n) is 2.82. The lowest BCUT2D eigenvalue weighted by Gasteiger charge is -2.26. The summed E-state index contributed by atoms with van der Waals surface area (Å²) in [6.45, 7) is 3.61. The van der Waals surface area contributed by atoms with Crippen molar-refractivity contribution in [3.63, 3.8) is 0 Å². The zero-order valence-electron chi connectivity index (χ0n) is 12.1. The van der Waals surface area contributed by atoms with Gasteiger partial charge >= 0.3 is 0 Å². The highest BCUT2D eigenvalue weighted by molar-refractivity contribution is 5.96.